The fourth-order valence-corrected chi connectivity index (χ4v) is 1.87. The summed E-state index contributed by atoms with van der Waals surface area (Å²) < 4.78 is 60.5. The highest BCUT2D eigenvalue weighted by atomic mass is 32.2. The Bertz CT molecular complexity index is 366. The van der Waals surface area contributed by atoms with Crippen molar-refractivity contribution in [3.05, 3.63) is 29.8 Å². The molecule has 0 fully saturated rings. The largest absolute Gasteiger partial charge is 0.401 e. The van der Waals surface area contributed by atoms with E-state index in [9.17, 15) is 22.0 Å². The zero-order valence-corrected chi connectivity index (χ0v) is 9.47. The summed E-state index contributed by atoms with van der Waals surface area (Å²) in [6, 6.07) is 3.39. The molecule has 0 aromatic heterocycles. The van der Waals surface area contributed by atoms with Gasteiger partial charge in [0.05, 0.1) is 6.54 Å². The average molecular weight is 271 g/mol. The van der Waals surface area contributed by atoms with E-state index in [2.05, 4.69) is 5.32 Å². The maximum Gasteiger partial charge on any atom is 0.401 e. The van der Waals surface area contributed by atoms with Crippen LogP contribution >= 0.6 is 11.8 Å². The number of hydrogen-bond acceptors (Lipinski definition) is 2. The van der Waals surface area contributed by atoms with Crippen LogP contribution < -0.4 is 5.32 Å². The first kappa shape index (κ1) is 14.2. The first-order chi connectivity index (χ1) is 7.88. The molecule has 0 bridgehead atoms. The minimum absolute atomic E-state index is 0.142. The van der Waals surface area contributed by atoms with Crippen molar-refractivity contribution < 1.29 is 22.0 Å². The quantitative estimate of drug-likeness (QED) is 0.501. The molecule has 96 valence electrons. The first-order valence-corrected chi connectivity index (χ1v) is 5.72. The Kier molecular flexibility index (Phi) is 5.20. The van der Waals surface area contributed by atoms with Crippen molar-refractivity contribution in [1.82, 2.24) is 5.32 Å². The molecule has 0 heterocycles. The van der Waals surface area contributed by atoms with E-state index in [1.54, 1.807) is 0 Å². The van der Waals surface area contributed by atoms with Crippen molar-refractivity contribution in [3.63, 3.8) is 0 Å². The lowest BCUT2D eigenvalue weighted by Crippen LogP contribution is -2.30. The molecule has 1 aromatic rings. The van der Waals surface area contributed by atoms with Crippen LogP contribution in [0, 0.1) is 11.6 Å². The third kappa shape index (κ3) is 5.88. The molecule has 0 spiro atoms. The Balaban J connectivity index is 2.25. The van der Waals surface area contributed by atoms with Gasteiger partial charge in [-0.3, -0.25) is 0 Å². The van der Waals surface area contributed by atoms with Crippen LogP contribution in [0.25, 0.3) is 0 Å². The van der Waals surface area contributed by atoms with Gasteiger partial charge in [0, 0.05) is 17.2 Å². The Morgan fingerprint density at radius 1 is 1.12 bits per heavy atom. The summed E-state index contributed by atoms with van der Waals surface area (Å²) in [5.41, 5.74) is 0. The lowest BCUT2D eigenvalue weighted by Gasteiger charge is -2.07. The predicted octanol–water partition coefficient (Wildman–Crippen LogP) is 3.21. The van der Waals surface area contributed by atoms with Crippen LogP contribution in [0.3, 0.4) is 0 Å². The number of nitrogens with one attached hydrogen (secondary N) is 1. The monoisotopic (exact) mass is 271 g/mol. The van der Waals surface area contributed by atoms with E-state index < -0.39 is 24.4 Å². The predicted molar refractivity (Wildman–Crippen MR) is 56.0 cm³/mol. The molecule has 0 saturated carbocycles. The van der Waals surface area contributed by atoms with Crippen molar-refractivity contribution in [2.24, 2.45) is 0 Å². The van der Waals surface area contributed by atoms with E-state index in [1.807, 2.05) is 0 Å². The van der Waals surface area contributed by atoms with Gasteiger partial charge in [0.15, 0.2) is 11.6 Å². The summed E-state index contributed by atoms with van der Waals surface area (Å²) in [4.78, 5) is 0.484. The molecule has 0 aliphatic rings. The summed E-state index contributed by atoms with van der Waals surface area (Å²) in [6.45, 7) is -0.908. The van der Waals surface area contributed by atoms with Gasteiger partial charge in [-0.2, -0.15) is 13.2 Å². The Morgan fingerprint density at radius 3 is 2.41 bits per heavy atom. The standard InChI is InChI=1S/C10H10F5NS/c11-8-2-1-7(5-9(8)12)17-4-3-16-6-10(13,14)15/h1-2,5,16H,3-4,6H2. The van der Waals surface area contributed by atoms with Crippen molar-refractivity contribution in [2.45, 2.75) is 11.1 Å². The number of benzene rings is 1. The molecule has 0 saturated heterocycles. The van der Waals surface area contributed by atoms with Crippen LogP contribution in [0.1, 0.15) is 0 Å². The van der Waals surface area contributed by atoms with E-state index in [4.69, 9.17) is 0 Å². The molecular formula is C10H10F5NS. The van der Waals surface area contributed by atoms with Crippen LogP contribution in [0.5, 0.6) is 0 Å². The molecule has 1 aromatic carbocycles. The number of rotatable bonds is 5. The first-order valence-electron chi connectivity index (χ1n) is 4.74. The van der Waals surface area contributed by atoms with Crippen molar-refractivity contribution in [1.29, 1.82) is 0 Å². The normalized spacial score (nSPS) is 11.8. The van der Waals surface area contributed by atoms with Gasteiger partial charge in [0.2, 0.25) is 0 Å². The van der Waals surface area contributed by atoms with Crippen LogP contribution in [-0.4, -0.2) is 25.0 Å². The van der Waals surface area contributed by atoms with Gasteiger partial charge in [0.25, 0.3) is 0 Å². The Hall–Kier alpha value is -0.820. The van der Waals surface area contributed by atoms with E-state index in [-0.39, 0.29) is 6.54 Å². The lowest BCUT2D eigenvalue weighted by molar-refractivity contribution is -0.124. The SMILES string of the molecule is Fc1ccc(SCCNCC(F)(F)F)cc1F. The molecule has 1 N–H and O–H groups in total. The Morgan fingerprint density at radius 2 is 1.82 bits per heavy atom. The van der Waals surface area contributed by atoms with Gasteiger partial charge in [0.1, 0.15) is 0 Å². The van der Waals surface area contributed by atoms with Crippen LogP contribution in [0.15, 0.2) is 23.1 Å². The van der Waals surface area contributed by atoms with Crippen LogP contribution in [-0.2, 0) is 0 Å². The summed E-state index contributed by atoms with van der Waals surface area (Å²) in [5.74, 6) is -1.55. The summed E-state index contributed by atoms with van der Waals surface area (Å²) in [7, 11) is 0. The second-order valence-electron chi connectivity index (χ2n) is 3.22. The minimum Gasteiger partial charge on any atom is -0.308 e. The smallest absolute Gasteiger partial charge is 0.308 e. The third-order valence-electron chi connectivity index (χ3n) is 1.76. The minimum atomic E-state index is -4.23. The highest BCUT2D eigenvalue weighted by Crippen LogP contribution is 2.20. The van der Waals surface area contributed by atoms with E-state index in [0.29, 0.717) is 10.6 Å². The molecule has 7 heteroatoms. The van der Waals surface area contributed by atoms with Crippen molar-refractivity contribution >= 4 is 11.8 Å². The molecule has 0 unspecified atom stereocenters. The third-order valence-corrected chi connectivity index (χ3v) is 2.76. The number of alkyl halides is 3. The van der Waals surface area contributed by atoms with Gasteiger partial charge in [-0.15, -0.1) is 11.8 Å². The molecule has 0 atom stereocenters. The molecule has 0 amide bonds. The number of hydrogen-bond donors (Lipinski definition) is 1. The number of thioether (sulfide) groups is 1. The fraction of sp³-hybridized carbons (Fsp3) is 0.400. The average Bonchev–Trinajstić information content (AvgIpc) is 2.21. The van der Waals surface area contributed by atoms with Crippen LogP contribution in [0.2, 0.25) is 0 Å². The highest BCUT2D eigenvalue weighted by Gasteiger charge is 2.25. The second kappa shape index (κ2) is 6.20. The zero-order chi connectivity index (χ0) is 12.9. The lowest BCUT2D eigenvalue weighted by atomic mass is 10.3. The van der Waals surface area contributed by atoms with Crippen molar-refractivity contribution in [2.75, 3.05) is 18.8 Å². The second-order valence-corrected chi connectivity index (χ2v) is 4.38. The molecule has 0 aliphatic heterocycles. The topological polar surface area (TPSA) is 12.0 Å². The van der Waals surface area contributed by atoms with Gasteiger partial charge in [-0.1, -0.05) is 0 Å². The fourth-order valence-electron chi connectivity index (χ4n) is 1.04. The van der Waals surface area contributed by atoms with E-state index >= 15 is 0 Å². The Labute approximate surface area is 99.4 Å². The summed E-state index contributed by atoms with van der Waals surface area (Å²) >= 11 is 1.16. The molecule has 17 heavy (non-hydrogen) atoms. The van der Waals surface area contributed by atoms with Crippen LogP contribution in [0.4, 0.5) is 22.0 Å². The summed E-state index contributed by atoms with van der Waals surface area (Å²) in [6.07, 6.45) is -4.23. The van der Waals surface area contributed by atoms with E-state index in [0.717, 1.165) is 23.9 Å². The number of halogens is 5. The summed E-state index contributed by atoms with van der Waals surface area (Å²) in [5, 5.41) is 2.21. The molecule has 0 radical (unpaired) electrons. The highest BCUT2D eigenvalue weighted by molar-refractivity contribution is 7.99. The van der Waals surface area contributed by atoms with Crippen molar-refractivity contribution in [3.8, 4) is 0 Å². The zero-order valence-electron chi connectivity index (χ0n) is 8.65. The molecule has 0 aliphatic carbocycles. The van der Waals surface area contributed by atoms with Gasteiger partial charge < -0.3 is 5.32 Å². The van der Waals surface area contributed by atoms with Gasteiger partial charge >= 0.3 is 6.18 Å². The molecule has 1 nitrogen and oxygen atoms in total. The maximum absolute atomic E-state index is 12.8. The molecular weight excluding hydrogens is 261 g/mol. The van der Waals surface area contributed by atoms with Gasteiger partial charge in [-0.25, -0.2) is 8.78 Å². The molecule has 1 rings (SSSR count). The maximum atomic E-state index is 12.8. The van der Waals surface area contributed by atoms with E-state index in [1.165, 1.54) is 6.07 Å². The van der Waals surface area contributed by atoms with Gasteiger partial charge in [-0.05, 0) is 18.2 Å².